The second kappa shape index (κ2) is 10.4. The molecule has 2 N–H and O–H groups in total. The Labute approximate surface area is 197 Å². The van der Waals surface area contributed by atoms with Crippen molar-refractivity contribution >= 4 is 63.2 Å². The summed E-state index contributed by atoms with van der Waals surface area (Å²) in [6.45, 7) is 6.22. The summed E-state index contributed by atoms with van der Waals surface area (Å²) in [5.74, 6) is 0.284. The lowest BCUT2D eigenvalue weighted by atomic mass is 10.2. The Hall–Kier alpha value is -2.14. The lowest BCUT2D eigenvalue weighted by molar-refractivity contribution is -0.113. The van der Waals surface area contributed by atoms with Gasteiger partial charge in [0.2, 0.25) is 5.91 Å². The number of hydrogen-bond donors (Lipinski definition) is 2. The largest absolute Gasteiger partial charge is 0.342 e. The molecule has 0 radical (unpaired) electrons. The summed E-state index contributed by atoms with van der Waals surface area (Å²) in [4.78, 5) is 29.0. The normalized spacial score (nSPS) is 11.9. The molecule has 2 amide bonds. The average molecular weight is 499 g/mol. The predicted molar refractivity (Wildman–Crippen MR) is 124 cm³/mol. The van der Waals surface area contributed by atoms with E-state index in [0.29, 0.717) is 38.3 Å². The lowest BCUT2D eigenvalue weighted by Gasteiger charge is -2.15. The molecular formula is C19H20Cl2N6O2S2. The number of anilines is 1. The third-order valence-corrected chi connectivity index (χ3v) is 6.76. The van der Waals surface area contributed by atoms with Gasteiger partial charge in [0.05, 0.1) is 27.5 Å². The first-order chi connectivity index (χ1) is 14.8. The molecule has 0 saturated carbocycles. The zero-order valence-electron chi connectivity index (χ0n) is 17.0. The molecule has 1 atom stereocenters. The topological polar surface area (TPSA) is 102 Å². The number of aryl methyl sites for hydroxylation is 1. The van der Waals surface area contributed by atoms with Gasteiger partial charge in [-0.15, -0.1) is 21.5 Å². The van der Waals surface area contributed by atoms with Crippen LogP contribution >= 0.6 is 46.3 Å². The lowest BCUT2D eigenvalue weighted by Crippen LogP contribution is -2.28. The summed E-state index contributed by atoms with van der Waals surface area (Å²) in [7, 11) is 0. The number of benzene rings is 1. The van der Waals surface area contributed by atoms with Gasteiger partial charge in [0, 0.05) is 17.5 Å². The first-order valence-electron chi connectivity index (χ1n) is 9.32. The summed E-state index contributed by atoms with van der Waals surface area (Å²) < 4.78 is 1.87. The van der Waals surface area contributed by atoms with Crippen LogP contribution in [0.5, 0.6) is 0 Å². The van der Waals surface area contributed by atoms with Crippen molar-refractivity contribution in [1.29, 1.82) is 0 Å². The van der Waals surface area contributed by atoms with Crippen LogP contribution in [0.2, 0.25) is 10.0 Å². The number of amides is 2. The fourth-order valence-corrected chi connectivity index (χ4v) is 4.51. The molecule has 8 nitrogen and oxygen atoms in total. The molecule has 0 spiro atoms. The van der Waals surface area contributed by atoms with Crippen molar-refractivity contribution in [3.63, 3.8) is 0 Å². The van der Waals surface area contributed by atoms with Crippen molar-refractivity contribution in [3.05, 3.63) is 50.7 Å². The van der Waals surface area contributed by atoms with E-state index in [9.17, 15) is 9.59 Å². The Morgan fingerprint density at radius 1 is 1.26 bits per heavy atom. The molecule has 0 aliphatic carbocycles. The molecule has 2 heterocycles. The minimum atomic E-state index is -0.407. The molecule has 0 saturated heterocycles. The van der Waals surface area contributed by atoms with Crippen LogP contribution in [0.25, 0.3) is 0 Å². The Morgan fingerprint density at radius 2 is 2.03 bits per heavy atom. The Bertz CT molecular complexity index is 1100. The van der Waals surface area contributed by atoms with Crippen molar-refractivity contribution in [2.45, 2.75) is 38.5 Å². The van der Waals surface area contributed by atoms with E-state index in [-0.39, 0.29) is 17.6 Å². The Kier molecular flexibility index (Phi) is 7.93. The first kappa shape index (κ1) is 23.5. The quantitative estimate of drug-likeness (QED) is 0.440. The van der Waals surface area contributed by atoms with E-state index in [1.54, 1.807) is 12.1 Å². The van der Waals surface area contributed by atoms with Gasteiger partial charge in [-0.25, -0.2) is 4.98 Å². The standard InChI is InChI=1S/C19H20Cl2N6O2S2/c1-4-27-16(11(3)23-17(29)12-5-6-13(20)14(21)7-12)25-26-19(27)31-9-15(28)24-18-22-10(2)8-30-18/h5-8,11H,4,9H2,1-3H3,(H,23,29)(H,22,24,28)/t11-/m1/s1. The highest BCUT2D eigenvalue weighted by molar-refractivity contribution is 7.99. The fourth-order valence-electron chi connectivity index (χ4n) is 2.70. The van der Waals surface area contributed by atoms with Crippen molar-refractivity contribution in [2.75, 3.05) is 11.1 Å². The highest BCUT2D eigenvalue weighted by Gasteiger charge is 2.20. The molecule has 0 fully saturated rings. The van der Waals surface area contributed by atoms with Crippen LogP contribution in [-0.4, -0.2) is 37.3 Å². The summed E-state index contributed by atoms with van der Waals surface area (Å²) in [6.07, 6.45) is 0. The van der Waals surface area contributed by atoms with E-state index in [1.165, 1.54) is 29.2 Å². The first-order valence-corrected chi connectivity index (χ1v) is 11.9. The van der Waals surface area contributed by atoms with E-state index in [4.69, 9.17) is 23.2 Å². The molecule has 3 rings (SSSR count). The van der Waals surface area contributed by atoms with Gasteiger partial charge < -0.3 is 15.2 Å². The zero-order chi connectivity index (χ0) is 22.5. The van der Waals surface area contributed by atoms with Crippen molar-refractivity contribution < 1.29 is 9.59 Å². The molecule has 31 heavy (non-hydrogen) atoms. The summed E-state index contributed by atoms with van der Waals surface area (Å²) >= 11 is 14.6. The van der Waals surface area contributed by atoms with Gasteiger partial charge in [-0.2, -0.15) is 0 Å². The van der Waals surface area contributed by atoms with Crippen molar-refractivity contribution in [2.24, 2.45) is 0 Å². The molecule has 3 aromatic rings. The number of hydrogen-bond acceptors (Lipinski definition) is 7. The summed E-state index contributed by atoms with van der Waals surface area (Å²) in [5, 5.41) is 17.8. The SMILES string of the molecule is CCn1c(SCC(=O)Nc2nc(C)cs2)nnc1[C@@H](C)NC(=O)c1ccc(Cl)c(Cl)c1. The highest BCUT2D eigenvalue weighted by atomic mass is 35.5. The molecule has 164 valence electrons. The third-order valence-electron chi connectivity index (χ3n) is 4.18. The maximum absolute atomic E-state index is 12.6. The maximum Gasteiger partial charge on any atom is 0.251 e. The van der Waals surface area contributed by atoms with Crippen LogP contribution < -0.4 is 10.6 Å². The second-order valence-corrected chi connectivity index (χ2v) is 9.15. The van der Waals surface area contributed by atoms with Gasteiger partial charge in [0.1, 0.15) is 0 Å². The molecule has 0 bridgehead atoms. The third kappa shape index (κ3) is 5.97. The number of thiazole rings is 1. The molecule has 12 heteroatoms. The van der Waals surface area contributed by atoms with Gasteiger partial charge >= 0.3 is 0 Å². The predicted octanol–water partition coefficient (Wildman–Crippen LogP) is 4.59. The Balaban J connectivity index is 1.63. The van der Waals surface area contributed by atoms with Gasteiger partial charge in [0.25, 0.3) is 5.91 Å². The highest BCUT2D eigenvalue weighted by Crippen LogP contribution is 2.24. The molecule has 0 aliphatic heterocycles. The maximum atomic E-state index is 12.6. The number of halogens is 2. The van der Waals surface area contributed by atoms with Gasteiger partial charge in [0.15, 0.2) is 16.1 Å². The smallest absolute Gasteiger partial charge is 0.251 e. The molecule has 1 aromatic carbocycles. The van der Waals surface area contributed by atoms with Crippen LogP contribution in [0.1, 0.15) is 41.8 Å². The van der Waals surface area contributed by atoms with E-state index >= 15 is 0 Å². The number of carbonyl (C=O) groups excluding carboxylic acids is 2. The van der Waals surface area contributed by atoms with Crippen LogP contribution in [0, 0.1) is 6.92 Å². The van der Waals surface area contributed by atoms with Crippen molar-refractivity contribution in [1.82, 2.24) is 25.1 Å². The number of nitrogens with one attached hydrogen (secondary N) is 2. The molecule has 2 aromatic heterocycles. The molecular weight excluding hydrogens is 479 g/mol. The number of nitrogens with zero attached hydrogens (tertiary/aromatic N) is 4. The van der Waals surface area contributed by atoms with E-state index in [0.717, 1.165) is 5.69 Å². The van der Waals surface area contributed by atoms with Gasteiger partial charge in [-0.05, 0) is 39.0 Å². The van der Waals surface area contributed by atoms with Crippen LogP contribution in [0.15, 0.2) is 28.7 Å². The van der Waals surface area contributed by atoms with Crippen LogP contribution in [0.3, 0.4) is 0 Å². The van der Waals surface area contributed by atoms with E-state index < -0.39 is 6.04 Å². The monoisotopic (exact) mass is 498 g/mol. The van der Waals surface area contributed by atoms with Crippen LogP contribution in [-0.2, 0) is 11.3 Å². The second-order valence-electron chi connectivity index (χ2n) is 6.54. The minimum Gasteiger partial charge on any atom is -0.342 e. The minimum absolute atomic E-state index is 0.167. The number of carbonyl (C=O) groups is 2. The fraction of sp³-hybridized carbons (Fsp3) is 0.316. The molecule has 0 unspecified atom stereocenters. The number of aromatic nitrogens is 4. The van der Waals surface area contributed by atoms with E-state index in [1.807, 2.05) is 30.7 Å². The number of rotatable bonds is 8. The Morgan fingerprint density at radius 3 is 2.68 bits per heavy atom. The van der Waals surface area contributed by atoms with E-state index in [2.05, 4.69) is 25.8 Å². The van der Waals surface area contributed by atoms with Gasteiger partial charge in [-0.1, -0.05) is 35.0 Å². The summed E-state index contributed by atoms with van der Waals surface area (Å²) in [6, 6.07) is 4.28. The summed E-state index contributed by atoms with van der Waals surface area (Å²) in [5.41, 5.74) is 1.26. The average Bonchev–Trinajstić information content (AvgIpc) is 3.33. The van der Waals surface area contributed by atoms with Crippen molar-refractivity contribution in [3.8, 4) is 0 Å². The van der Waals surface area contributed by atoms with Crippen LogP contribution in [0.4, 0.5) is 5.13 Å². The zero-order valence-corrected chi connectivity index (χ0v) is 20.1. The van der Waals surface area contributed by atoms with Gasteiger partial charge in [-0.3, -0.25) is 9.59 Å². The number of thioether (sulfide) groups is 1. The molecule has 0 aliphatic rings.